The summed E-state index contributed by atoms with van der Waals surface area (Å²) >= 11 is 0. The second-order valence-electron chi connectivity index (χ2n) is 17.4. The summed E-state index contributed by atoms with van der Waals surface area (Å²) < 4.78 is 21.3. The molecule has 1 atom stereocenters. The molecule has 0 spiro atoms. The number of nitrogens with zero attached hydrogens (tertiary/aromatic N) is 8. The van der Waals surface area contributed by atoms with E-state index in [2.05, 4.69) is 37.1 Å². The number of aromatic amines is 1. The number of imide groups is 1. The Kier molecular flexibility index (Phi) is 11.8. The molecule has 1 saturated carbocycles. The molecule has 5 aromatic heterocycles. The molecule has 0 bridgehead atoms. The van der Waals surface area contributed by atoms with E-state index in [1.807, 2.05) is 60.5 Å². The van der Waals surface area contributed by atoms with Gasteiger partial charge in [0.15, 0.2) is 0 Å². The lowest BCUT2D eigenvalue weighted by molar-refractivity contribution is -0.136. The number of amides is 4. The van der Waals surface area contributed by atoms with Gasteiger partial charge in [0.05, 0.1) is 48.1 Å². The smallest absolute Gasteiger partial charge is 0.289 e. The van der Waals surface area contributed by atoms with Crippen LogP contribution in [0.5, 0.6) is 5.75 Å². The third-order valence-electron chi connectivity index (χ3n) is 12.8. The number of imidazole rings is 1. The number of piperidine rings is 1. The summed E-state index contributed by atoms with van der Waals surface area (Å²) in [5.74, 6) is 1.74. The Morgan fingerprint density at radius 3 is 2.69 bits per heavy atom. The van der Waals surface area contributed by atoms with Crippen molar-refractivity contribution in [3.63, 3.8) is 0 Å². The molecule has 19 nitrogen and oxygen atoms in total. The van der Waals surface area contributed by atoms with E-state index in [1.165, 1.54) is 0 Å². The van der Waals surface area contributed by atoms with Crippen LogP contribution < -0.4 is 20.7 Å². The van der Waals surface area contributed by atoms with E-state index in [9.17, 15) is 19.2 Å². The number of benzene rings is 2. The molecule has 67 heavy (non-hydrogen) atoms. The van der Waals surface area contributed by atoms with Gasteiger partial charge in [-0.15, -0.1) is 0 Å². The number of aryl methyl sites for hydroxylation is 5. The molecule has 1 unspecified atom stereocenters. The molecule has 7 aromatic rings. The highest BCUT2D eigenvalue weighted by atomic mass is 16.5. The number of aromatic nitrogens is 8. The summed E-state index contributed by atoms with van der Waals surface area (Å²) in [5, 5.41) is 19.4. The van der Waals surface area contributed by atoms with Crippen LogP contribution in [0.15, 0.2) is 53.4 Å². The normalized spacial score (nSPS) is 16.0. The number of nitrogens with one attached hydrogen (secondary N) is 4. The first kappa shape index (κ1) is 43.5. The molecule has 3 aliphatic rings. The number of H-pyrrole nitrogens is 1. The monoisotopic (exact) mass is 908 g/mol. The van der Waals surface area contributed by atoms with Gasteiger partial charge in [0.2, 0.25) is 17.6 Å². The standard InChI is InChI=1S/C48H52N12O7/c1-5-60-39(21-35(56-60)29-12-13-29)52-44-42-32-20-38(65-4)33(41-26(2)57-67-27(41)3)19-36(32)51-43(42)54-45(55-44)47(63)49-16-8-17-58-22-30(50-25-58)24-66-18-7-10-28-9-6-11-31-34(28)23-59(48(31)64)37-14-15-40(61)53-46(37)62/h6,9,11,19-22,25,29,37H,5,7-8,10,12-18,23-24H2,1-4H3,(H,49,63)(H,53,61,62)(H2,51,52,54,55). The van der Waals surface area contributed by atoms with Crippen molar-refractivity contribution in [3.8, 4) is 16.9 Å². The number of carbonyl (C=O) groups is 4. The van der Waals surface area contributed by atoms with Crippen LogP contribution in [0.25, 0.3) is 33.1 Å². The third-order valence-corrected chi connectivity index (χ3v) is 12.8. The molecule has 2 aliphatic heterocycles. The van der Waals surface area contributed by atoms with E-state index >= 15 is 0 Å². The van der Waals surface area contributed by atoms with Crippen LogP contribution in [0.3, 0.4) is 0 Å². The lowest BCUT2D eigenvalue weighted by atomic mass is 10.00. The first-order valence-electron chi connectivity index (χ1n) is 22.9. The fourth-order valence-corrected chi connectivity index (χ4v) is 9.30. The van der Waals surface area contributed by atoms with Gasteiger partial charge in [0, 0.05) is 79.4 Å². The number of fused-ring (bicyclic) bond motifs is 4. The molecule has 4 amide bonds. The number of hydrogen-bond donors (Lipinski definition) is 4. The zero-order valence-electron chi connectivity index (χ0n) is 37.9. The van der Waals surface area contributed by atoms with E-state index in [0.29, 0.717) is 98.5 Å². The number of ether oxygens (including phenoxy) is 2. The van der Waals surface area contributed by atoms with Gasteiger partial charge < -0.3 is 39.1 Å². The van der Waals surface area contributed by atoms with E-state index in [1.54, 1.807) is 24.4 Å². The van der Waals surface area contributed by atoms with Crippen molar-refractivity contribution >= 4 is 57.2 Å². The molecule has 0 radical (unpaired) electrons. The molecular weight excluding hydrogens is 857 g/mol. The first-order valence-corrected chi connectivity index (χ1v) is 22.9. The van der Waals surface area contributed by atoms with Crippen molar-refractivity contribution in [2.45, 2.75) is 104 Å². The maximum atomic E-state index is 13.8. The average Bonchev–Trinajstić information content (AvgIpc) is 3.57. The first-order chi connectivity index (χ1) is 32.6. The molecule has 2 aromatic carbocycles. The lowest BCUT2D eigenvalue weighted by Crippen LogP contribution is -2.52. The molecule has 1 aliphatic carbocycles. The largest absolute Gasteiger partial charge is 0.496 e. The minimum Gasteiger partial charge on any atom is -0.496 e. The highest BCUT2D eigenvalue weighted by molar-refractivity contribution is 6.14. The molecule has 19 heteroatoms. The topological polar surface area (TPSA) is 229 Å². The van der Waals surface area contributed by atoms with Crippen LogP contribution in [-0.4, -0.2) is 94.3 Å². The van der Waals surface area contributed by atoms with Crippen molar-refractivity contribution in [1.82, 2.24) is 55.0 Å². The van der Waals surface area contributed by atoms with Gasteiger partial charge >= 0.3 is 0 Å². The van der Waals surface area contributed by atoms with Crippen LogP contribution >= 0.6 is 0 Å². The van der Waals surface area contributed by atoms with Crippen molar-refractivity contribution in [2.75, 3.05) is 25.6 Å². The SMILES string of the molecule is CCn1nc(C2CC2)cc1Nc1nc(C(=O)NCCCn2cnc(COCCCc3cccc4c3CN(C3CCC(=O)NC3=O)C4=O)c2)nc2[nH]c3cc(-c4c(C)noc4C)c(OC)cc3c12. The maximum Gasteiger partial charge on any atom is 0.289 e. The maximum absolute atomic E-state index is 13.8. The lowest BCUT2D eigenvalue weighted by Gasteiger charge is -2.29. The second kappa shape index (κ2) is 18.1. The summed E-state index contributed by atoms with van der Waals surface area (Å²) in [6.45, 7) is 8.66. The minimum absolute atomic E-state index is 0.0193. The van der Waals surface area contributed by atoms with E-state index in [-0.39, 0.29) is 24.1 Å². The van der Waals surface area contributed by atoms with Gasteiger partial charge in [-0.05, 0) is 88.6 Å². The number of hydrogen-bond acceptors (Lipinski definition) is 13. The molecule has 10 rings (SSSR count). The third kappa shape index (κ3) is 8.61. The number of rotatable bonds is 18. The van der Waals surface area contributed by atoms with Crippen LogP contribution in [0.4, 0.5) is 11.6 Å². The second-order valence-corrected chi connectivity index (χ2v) is 17.4. The zero-order valence-corrected chi connectivity index (χ0v) is 37.9. The molecule has 2 fully saturated rings. The summed E-state index contributed by atoms with van der Waals surface area (Å²) in [6.07, 6.45) is 8.58. The van der Waals surface area contributed by atoms with E-state index < -0.39 is 17.9 Å². The van der Waals surface area contributed by atoms with Crippen LogP contribution in [-0.2, 0) is 47.0 Å². The Balaban J connectivity index is 0.762. The number of anilines is 2. The fourth-order valence-electron chi connectivity index (χ4n) is 9.30. The highest BCUT2D eigenvalue weighted by Gasteiger charge is 2.39. The number of carbonyl (C=O) groups excluding carboxylic acids is 4. The summed E-state index contributed by atoms with van der Waals surface area (Å²) in [6, 6.07) is 11.0. The Bertz CT molecular complexity index is 3050. The molecule has 7 heterocycles. The van der Waals surface area contributed by atoms with Crippen molar-refractivity contribution in [2.24, 2.45) is 0 Å². The van der Waals surface area contributed by atoms with Gasteiger partial charge in [-0.3, -0.25) is 24.5 Å². The predicted molar refractivity (Wildman–Crippen MR) is 246 cm³/mol. The number of methoxy groups -OCH3 is 1. The summed E-state index contributed by atoms with van der Waals surface area (Å²) in [5.41, 5.74) is 8.12. The van der Waals surface area contributed by atoms with Crippen LogP contribution in [0.1, 0.15) is 106 Å². The van der Waals surface area contributed by atoms with Gasteiger partial charge in [-0.2, -0.15) is 5.10 Å². The zero-order chi connectivity index (χ0) is 46.3. The van der Waals surface area contributed by atoms with Crippen LogP contribution in [0.2, 0.25) is 0 Å². The Morgan fingerprint density at radius 2 is 1.91 bits per heavy atom. The molecule has 346 valence electrons. The Labute approximate surface area is 385 Å². The highest BCUT2D eigenvalue weighted by Crippen LogP contribution is 2.43. The predicted octanol–water partition coefficient (Wildman–Crippen LogP) is 6.16. The summed E-state index contributed by atoms with van der Waals surface area (Å²) in [4.78, 5) is 70.2. The minimum atomic E-state index is -0.642. The Hall–Kier alpha value is -7.41. The van der Waals surface area contributed by atoms with Gasteiger partial charge in [-0.25, -0.2) is 19.6 Å². The quantitative estimate of drug-likeness (QED) is 0.0560. The van der Waals surface area contributed by atoms with Crippen molar-refractivity contribution in [1.29, 1.82) is 0 Å². The molecule has 4 N–H and O–H groups in total. The van der Waals surface area contributed by atoms with Gasteiger partial charge in [0.25, 0.3) is 11.8 Å². The van der Waals surface area contributed by atoms with Crippen LogP contribution in [0, 0.1) is 13.8 Å². The summed E-state index contributed by atoms with van der Waals surface area (Å²) in [7, 11) is 1.63. The fraction of sp³-hybridized carbons (Fsp3) is 0.396. The van der Waals surface area contributed by atoms with Gasteiger partial charge in [-0.1, -0.05) is 17.3 Å². The van der Waals surface area contributed by atoms with E-state index in [4.69, 9.17) is 29.1 Å². The average molecular weight is 909 g/mol. The van der Waals surface area contributed by atoms with E-state index in [0.717, 1.165) is 75.3 Å². The molecular formula is C48H52N12O7. The van der Waals surface area contributed by atoms with Gasteiger partial charge in [0.1, 0.15) is 34.8 Å². The molecule has 1 saturated heterocycles. The Morgan fingerprint density at radius 1 is 1.04 bits per heavy atom. The van der Waals surface area contributed by atoms with Crippen molar-refractivity contribution < 1.29 is 33.2 Å². The van der Waals surface area contributed by atoms with Crippen molar-refractivity contribution in [3.05, 3.63) is 94.3 Å².